The summed E-state index contributed by atoms with van der Waals surface area (Å²) in [5, 5.41) is 0. The molecule has 0 radical (unpaired) electrons. The molecule has 1 atom stereocenters. The minimum absolute atomic E-state index is 0.270. The maximum absolute atomic E-state index is 13.4. The van der Waals surface area contributed by atoms with Gasteiger partial charge in [-0.3, -0.25) is 4.99 Å². The molecule has 0 N–H and O–H groups in total. The van der Waals surface area contributed by atoms with Crippen LogP contribution in [0.25, 0.3) is 0 Å². The van der Waals surface area contributed by atoms with E-state index in [9.17, 15) is 4.39 Å². The van der Waals surface area contributed by atoms with E-state index in [1.54, 1.807) is 6.07 Å². The van der Waals surface area contributed by atoms with Gasteiger partial charge in [-0.05, 0) is 53.4 Å². The Morgan fingerprint density at radius 1 is 1.00 bits per heavy atom. The van der Waals surface area contributed by atoms with E-state index in [4.69, 9.17) is 9.47 Å². The summed E-state index contributed by atoms with van der Waals surface area (Å²) in [4.78, 5) is 6.52. The van der Waals surface area contributed by atoms with Crippen molar-refractivity contribution in [3.8, 4) is 17.2 Å². The first-order valence-electron chi connectivity index (χ1n) is 10.2. The highest BCUT2D eigenvalue weighted by Gasteiger charge is 2.13. The van der Waals surface area contributed by atoms with Gasteiger partial charge >= 0.3 is 0 Å². The number of benzene rings is 3. The molecule has 30 heavy (non-hydrogen) atoms. The number of hydrogen-bond donors (Lipinski definition) is 0. The molecule has 4 nitrogen and oxygen atoms in total. The van der Waals surface area contributed by atoms with E-state index in [0.717, 1.165) is 30.9 Å². The van der Waals surface area contributed by atoms with Crippen molar-refractivity contribution >= 4 is 6.34 Å². The second-order valence-corrected chi connectivity index (χ2v) is 7.46. The average Bonchev–Trinajstić information content (AvgIpc) is 3.26. The molecule has 0 aromatic heterocycles. The maximum Gasteiger partial charge on any atom is 0.169 e. The highest BCUT2D eigenvalue weighted by atomic mass is 19.1. The SMILES string of the molecule is CC(CN1C=NCC1)c1cccc(Oc2ccccc2OCc2cccc(F)c2)c1. The summed E-state index contributed by atoms with van der Waals surface area (Å²) < 4.78 is 25.4. The molecule has 0 aliphatic carbocycles. The van der Waals surface area contributed by atoms with Crippen molar-refractivity contribution in [1.82, 2.24) is 4.90 Å². The summed E-state index contributed by atoms with van der Waals surface area (Å²) in [6.45, 7) is 5.27. The molecule has 3 aromatic rings. The van der Waals surface area contributed by atoms with Gasteiger partial charge in [-0.15, -0.1) is 0 Å². The molecule has 1 aliphatic heterocycles. The predicted octanol–water partition coefficient (Wildman–Crippen LogP) is 5.64. The summed E-state index contributed by atoms with van der Waals surface area (Å²) in [5.74, 6) is 2.10. The Bertz CT molecular complexity index is 1020. The molecule has 1 unspecified atom stereocenters. The van der Waals surface area contributed by atoms with Crippen molar-refractivity contribution in [1.29, 1.82) is 0 Å². The lowest BCUT2D eigenvalue weighted by Crippen LogP contribution is -2.24. The monoisotopic (exact) mass is 404 g/mol. The largest absolute Gasteiger partial charge is 0.485 e. The fraction of sp³-hybridized carbons (Fsp3) is 0.240. The van der Waals surface area contributed by atoms with Crippen molar-refractivity contribution in [2.24, 2.45) is 4.99 Å². The lowest BCUT2D eigenvalue weighted by atomic mass is 10.0. The van der Waals surface area contributed by atoms with Crippen molar-refractivity contribution in [3.63, 3.8) is 0 Å². The molecule has 1 heterocycles. The predicted molar refractivity (Wildman–Crippen MR) is 117 cm³/mol. The highest BCUT2D eigenvalue weighted by Crippen LogP contribution is 2.33. The van der Waals surface area contributed by atoms with E-state index >= 15 is 0 Å². The highest BCUT2D eigenvalue weighted by molar-refractivity contribution is 5.57. The van der Waals surface area contributed by atoms with Gasteiger partial charge in [0.2, 0.25) is 0 Å². The quantitative estimate of drug-likeness (QED) is 0.487. The van der Waals surface area contributed by atoms with Crippen molar-refractivity contribution in [3.05, 3.63) is 89.7 Å². The molecular weight excluding hydrogens is 379 g/mol. The zero-order valence-electron chi connectivity index (χ0n) is 17.0. The molecule has 0 bridgehead atoms. The standard InChI is InChI=1S/C25H25FN2O2/c1-19(16-28-13-12-27-18-28)21-7-5-9-23(15-21)30-25-11-3-2-10-24(25)29-17-20-6-4-8-22(26)14-20/h2-11,14-15,18-19H,12-13,16-17H2,1H3. The molecular formula is C25H25FN2O2. The van der Waals surface area contributed by atoms with Gasteiger partial charge in [-0.2, -0.15) is 0 Å². The van der Waals surface area contributed by atoms with Crippen LogP contribution in [0, 0.1) is 5.82 Å². The second kappa shape index (κ2) is 9.44. The van der Waals surface area contributed by atoms with Crippen molar-refractivity contribution in [2.45, 2.75) is 19.4 Å². The lowest BCUT2D eigenvalue weighted by Gasteiger charge is -2.20. The van der Waals surface area contributed by atoms with Crippen LogP contribution in [0.5, 0.6) is 17.2 Å². The Labute approximate surface area is 176 Å². The Morgan fingerprint density at radius 3 is 2.63 bits per heavy atom. The van der Waals surface area contributed by atoms with Gasteiger partial charge in [-0.25, -0.2) is 4.39 Å². The van der Waals surface area contributed by atoms with Crippen LogP contribution in [0.1, 0.15) is 24.0 Å². The Morgan fingerprint density at radius 2 is 1.83 bits per heavy atom. The summed E-state index contributed by atoms with van der Waals surface area (Å²) >= 11 is 0. The van der Waals surface area contributed by atoms with Crippen LogP contribution in [0.3, 0.4) is 0 Å². The lowest BCUT2D eigenvalue weighted by molar-refractivity contribution is 0.291. The molecule has 3 aromatic carbocycles. The summed E-state index contributed by atoms with van der Waals surface area (Å²) in [7, 11) is 0. The van der Waals surface area contributed by atoms with Crippen molar-refractivity contribution in [2.75, 3.05) is 19.6 Å². The third-order valence-corrected chi connectivity index (χ3v) is 5.06. The van der Waals surface area contributed by atoms with Gasteiger partial charge < -0.3 is 14.4 Å². The molecule has 0 amide bonds. The topological polar surface area (TPSA) is 34.1 Å². The smallest absolute Gasteiger partial charge is 0.169 e. The minimum atomic E-state index is -0.272. The summed E-state index contributed by atoms with van der Waals surface area (Å²) in [6.07, 6.45) is 1.93. The number of halogens is 1. The molecule has 4 rings (SSSR count). The average molecular weight is 404 g/mol. The number of nitrogens with zero attached hydrogens (tertiary/aromatic N) is 2. The van der Waals surface area contributed by atoms with E-state index in [1.165, 1.54) is 17.7 Å². The van der Waals surface area contributed by atoms with Crippen LogP contribution in [0.4, 0.5) is 4.39 Å². The zero-order valence-corrected chi connectivity index (χ0v) is 17.0. The first-order chi connectivity index (χ1) is 14.7. The van der Waals surface area contributed by atoms with E-state index in [1.807, 2.05) is 48.8 Å². The van der Waals surface area contributed by atoms with E-state index in [-0.39, 0.29) is 12.4 Å². The number of hydrogen-bond acceptors (Lipinski definition) is 4. The second-order valence-electron chi connectivity index (χ2n) is 7.46. The van der Waals surface area contributed by atoms with E-state index in [2.05, 4.69) is 28.9 Å². The van der Waals surface area contributed by atoms with Crippen LogP contribution < -0.4 is 9.47 Å². The molecule has 0 fully saturated rings. The maximum atomic E-state index is 13.4. The number of rotatable bonds is 8. The normalized spacial score (nSPS) is 14.0. The third-order valence-electron chi connectivity index (χ3n) is 5.06. The first-order valence-corrected chi connectivity index (χ1v) is 10.2. The van der Waals surface area contributed by atoms with Crippen LogP contribution in [-0.4, -0.2) is 30.9 Å². The molecule has 1 aliphatic rings. The number of para-hydroxylation sites is 2. The Kier molecular flexibility index (Phi) is 6.28. The van der Waals surface area contributed by atoms with Crippen LogP contribution in [0.15, 0.2) is 77.8 Å². The fourth-order valence-electron chi connectivity index (χ4n) is 3.47. The summed E-state index contributed by atoms with van der Waals surface area (Å²) in [6, 6.07) is 22.1. The van der Waals surface area contributed by atoms with Gasteiger partial charge in [0.1, 0.15) is 18.2 Å². The van der Waals surface area contributed by atoms with Crippen LogP contribution in [0.2, 0.25) is 0 Å². The van der Waals surface area contributed by atoms with Gasteiger partial charge in [0.15, 0.2) is 11.5 Å². The van der Waals surface area contributed by atoms with Gasteiger partial charge in [0, 0.05) is 13.1 Å². The molecule has 0 saturated carbocycles. The zero-order chi connectivity index (χ0) is 20.8. The fourth-order valence-corrected chi connectivity index (χ4v) is 3.47. The van der Waals surface area contributed by atoms with E-state index in [0.29, 0.717) is 17.4 Å². The Balaban J connectivity index is 1.44. The van der Waals surface area contributed by atoms with Gasteiger partial charge in [0.25, 0.3) is 0 Å². The van der Waals surface area contributed by atoms with Crippen molar-refractivity contribution < 1.29 is 13.9 Å². The van der Waals surface area contributed by atoms with E-state index < -0.39 is 0 Å². The van der Waals surface area contributed by atoms with Crippen LogP contribution >= 0.6 is 0 Å². The van der Waals surface area contributed by atoms with Crippen LogP contribution in [-0.2, 0) is 6.61 Å². The molecule has 154 valence electrons. The number of aliphatic imine (C=N–C) groups is 1. The first kappa shape index (κ1) is 20.0. The van der Waals surface area contributed by atoms with Gasteiger partial charge in [-0.1, -0.05) is 43.3 Å². The third kappa shape index (κ3) is 5.17. The molecule has 0 saturated heterocycles. The molecule has 5 heteroatoms. The van der Waals surface area contributed by atoms with Gasteiger partial charge in [0.05, 0.1) is 12.9 Å². The molecule has 0 spiro atoms. The number of ether oxygens (including phenoxy) is 2. The Hall–Kier alpha value is -3.34. The minimum Gasteiger partial charge on any atom is -0.485 e. The summed E-state index contributed by atoms with van der Waals surface area (Å²) in [5.41, 5.74) is 1.98.